The zero-order valence-corrected chi connectivity index (χ0v) is 21.4. The maximum Gasteiger partial charge on any atom is 0.264 e. The van der Waals surface area contributed by atoms with Gasteiger partial charge in [-0.15, -0.1) is 0 Å². The lowest BCUT2D eigenvalue weighted by molar-refractivity contribution is -0.135. The minimum atomic E-state index is -3.79. The van der Waals surface area contributed by atoms with E-state index in [4.69, 9.17) is 0 Å². The number of carbonyl (C=O) groups is 1. The van der Waals surface area contributed by atoms with Crippen LogP contribution in [-0.4, -0.2) is 62.4 Å². The third-order valence-corrected chi connectivity index (χ3v) is 8.93. The van der Waals surface area contributed by atoms with Crippen LogP contribution in [0, 0.1) is 13.8 Å². The summed E-state index contributed by atoms with van der Waals surface area (Å²) in [7, 11) is -3.79. The van der Waals surface area contributed by atoms with Gasteiger partial charge in [-0.25, -0.2) is 8.42 Å². The first-order chi connectivity index (χ1) is 16.3. The van der Waals surface area contributed by atoms with Crippen LogP contribution in [-0.2, 0) is 14.8 Å². The largest absolute Gasteiger partial charge is 0.337 e. The molecule has 1 saturated carbocycles. The zero-order chi connectivity index (χ0) is 24.3. The van der Waals surface area contributed by atoms with E-state index in [0.29, 0.717) is 11.7 Å². The van der Waals surface area contributed by atoms with E-state index in [-0.39, 0.29) is 29.8 Å². The van der Waals surface area contributed by atoms with E-state index >= 15 is 0 Å². The second-order valence-corrected chi connectivity index (χ2v) is 11.5. The van der Waals surface area contributed by atoms with Gasteiger partial charge in [-0.1, -0.05) is 42.3 Å². The lowest BCUT2D eigenvalue weighted by Gasteiger charge is -2.39. The number of nitrogens with zero attached hydrogens (tertiary/aromatic N) is 3. The second kappa shape index (κ2) is 10.5. The van der Waals surface area contributed by atoms with Gasteiger partial charge in [0, 0.05) is 38.1 Å². The number of aryl methyl sites for hydroxylation is 2. The van der Waals surface area contributed by atoms with Crippen molar-refractivity contribution in [1.82, 2.24) is 9.80 Å². The number of carbonyl (C=O) groups excluding carboxylic acids is 1. The van der Waals surface area contributed by atoms with Crippen LogP contribution in [0.1, 0.15) is 50.2 Å². The third-order valence-electron chi connectivity index (χ3n) is 7.09. The Morgan fingerprint density at radius 1 is 0.882 bits per heavy atom. The molecule has 1 aliphatic carbocycles. The van der Waals surface area contributed by atoms with Crippen LogP contribution in [0.4, 0.5) is 5.69 Å². The molecule has 1 aliphatic heterocycles. The van der Waals surface area contributed by atoms with Crippen LogP contribution in [0.2, 0.25) is 0 Å². The number of hydrogen-bond donors (Lipinski definition) is 0. The Balaban J connectivity index is 1.53. The van der Waals surface area contributed by atoms with E-state index in [2.05, 4.69) is 16.7 Å². The summed E-state index contributed by atoms with van der Waals surface area (Å²) in [5, 5.41) is 0. The summed E-state index contributed by atoms with van der Waals surface area (Å²) in [6, 6.07) is 15.0. The monoisotopic (exact) mass is 483 g/mol. The number of piperidine rings is 1. The van der Waals surface area contributed by atoms with Crippen molar-refractivity contribution in [2.24, 2.45) is 0 Å². The molecule has 1 amide bonds. The number of hydrogen-bond acceptors (Lipinski definition) is 4. The first kappa shape index (κ1) is 24.7. The molecule has 34 heavy (non-hydrogen) atoms. The average Bonchev–Trinajstić information content (AvgIpc) is 3.66. The molecule has 0 aromatic heterocycles. The van der Waals surface area contributed by atoms with Gasteiger partial charge in [0.1, 0.15) is 0 Å². The number of amides is 1. The molecule has 2 aromatic rings. The van der Waals surface area contributed by atoms with Crippen molar-refractivity contribution in [3.63, 3.8) is 0 Å². The van der Waals surface area contributed by atoms with Crippen LogP contribution in [0.15, 0.2) is 53.4 Å². The highest BCUT2D eigenvalue weighted by Gasteiger charge is 2.38. The fourth-order valence-electron chi connectivity index (χ4n) is 4.83. The molecule has 7 heteroatoms. The van der Waals surface area contributed by atoms with Gasteiger partial charge in [0.15, 0.2) is 0 Å². The minimum absolute atomic E-state index is 0.0775. The van der Waals surface area contributed by atoms with E-state index in [1.807, 2.05) is 50.2 Å². The lowest BCUT2D eigenvalue weighted by atomic mass is 10.0. The van der Waals surface area contributed by atoms with Crippen molar-refractivity contribution >= 4 is 21.6 Å². The number of anilines is 1. The molecule has 0 spiro atoms. The molecular weight excluding hydrogens is 446 g/mol. The van der Waals surface area contributed by atoms with E-state index in [1.54, 1.807) is 12.1 Å². The predicted molar refractivity (Wildman–Crippen MR) is 137 cm³/mol. The summed E-state index contributed by atoms with van der Waals surface area (Å²) in [5.41, 5.74) is 2.66. The third kappa shape index (κ3) is 5.63. The van der Waals surface area contributed by atoms with Gasteiger partial charge in [0.2, 0.25) is 5.91 Å². The molecule has 0 unspecified atom stereocenters. The Bertz CT molecular complexity index is 1070. The van der Waals surface area contributed by atoms with Gasteiger partial charge >= 0.3 is 0 Å². The maximum absolute atomic E-state index is 13.6. The van der Waals surface area contributed by atoms with Crippen LogP contribution in [0.5, 0.6) is 0 Å². The standard InChI is InChI=1S/C27H37N3O3S/c1-4-28-18-15-25(16-19-28)30(24-11-12-24)27(31)17-20-29(23-9-5-21(2)6-10-23)34(32,33)26-13-7-22(3)8-14-26/h5-10,13-14,24-25H,4,11-12,15-20H2,1-3H3. The highest BCUT2D eigenvalue weighted by atomic mass is 32.2. The predicted octanol–water partition coefficient (Wildman–Crippen LogP) is 4.36. The van der Waals surface area contributed by atoms with E-state index < -0.39 is 10.0 Å². The zero-order valence-electron chi connectivity index (χ0n) is 20.6. The number of rotatable bonds is 9. The summed E-state index contributed by atoms with van der Waals surface area (Å²) in [6.07, 6.45) is 4.30. The maximum atomic E-state index is 13.6. The number of benzene rings is 2. The molecule has 0 N–H and O–H groups in total. The Kier molecular flexibility index (Phi) is 7.63. The molecule has 6 nitrogen and oxygen atoms in total. The SMILES string of the molecule is CCN1CCC(N(C(=O)CCN(c2ccc(C)cc2)S(=O)(=O)c2ccc(C)cc2)C2CC2)CC1. The molecule has 0 atom stereocenters. The second-order valence-electron chi connectivity index (χ2n) is 9.67. The van der Waals surface area contributed by atoms with Gasteiger partial charge in [-0.2, -0.15) is 0 Å². The smallest absolute Gasteiger partial charge is 0.264 e. The quantitative estimate of drug-likeness (QED) is 0.532. The van der Waals surface area contributed by atoms with E-state index in [9.17, 15) is 13.2 Å². The van der Waals surface area contributed by atoms with Crippen molar-refractivity contribution in [1.29, 1.82) is 0 Å². The van der Waals surface area contributed by atoms with Crippen LogP contribution in [0.25, 0.3) is 0 Å². The van der Waals surface area contributed by atoms with Crippen molar-refractivity contribution in [3.8, 4) is 0 Å². The van der Waals surface area contributed by atoms with Crippen LogP contribution < -0.4 is 4.31 Å². The molecule has 0 bridgehead atoms. The molecule has 2 fully saturated rings. The molecule has 1 heterocycles. The minimum Gasteiger partial charge on any atom is -0.337 e. The molecular formula is C27H37N3O3S. The Morgan fingerprint density at radius 3 is 1.94 bits per heavy atom. The molecule has 2 aromatic carbocycles. The highest BCUT2D eigenvalue weighted by molar-refractivity contribution is 7.92. The molecule has 1 saturated heterocycles. The molecule has 4 rings (SSSR count). The summed E-state index contributed by atoms with van der Waals surface area (Å²) in [5.74, 6) is 0.0775. The van der Waals surface area contributed by atoms with E-state index in [1.165, 1.54) is 4.31 Å². The van der Waals surface area contributed by atoms with Crippen molar-refractivity contribution in [2.45, 2.75) is 69.9 Å². The van der Waals surface area contributed by atoms with E-state index in [0.717, 1.165) is 56.4 Å². The number of sulfonamides is 1. The first-order valence-corrected chi connectivity index (χ1v) is 13.9. The fraction of sp³-hybridized carbons (Fsp3) is 0.519. The summed E-state index contributed by atoms with van der Waals surface area (Å²) < 4.78 is 28.7. The van der Waals surface area contributed by atoms with Crippen molar-refractivity contribution in [2.75, 3.05) is 30.5 Å². The van der Waals surface area contributed by atoms with Gasteiger partial charge < -0.3 is 9.80 Å². The average molecular weight is 484 g/mol. The normalized spacial score (nSPS) is 17.5. The Morgan fingerprint density at radius 2 is 1.41 bits per heavy atom. The van der Waals surface area contributed by atoms with Crippen molar-refractivity contribution in [3.05, 3.63) is 59.7 Å². The fourth-order valence-corrected chi connectivity index (χ4v) is 6.30. The molecule has 184 valence electrons. The number of likely N-dealkylation sites (tertiary alicyclic amines) is 1. The Hall–Kier alpha value is -2.38. The molecule has 0 radical (unpaired) electrons. The van der Waals surface area contributed by atoms with Crippen LogP contribution >= 0.6 is 0 Å². The highest BCUT2D eigenvalue weighted by Crippen LogP contribution is 2.33. The van der Waals surface area contributed by atoms with Crippen molar-refractivity contribution < 1.29 is 13.2 Å². The summed E-state index contributed by atoms with van der Waals surface area (Å²) >= 11 is 0. The summed E-state index contributed by atoms with van der Waals surface area (Å²) in [6.45, 7) is 9.32. The van der Waals surface area contributed by atoms with Gasteiger partial charge in [0.25, 0.3) is 10.0 Å². The summed E-state index contributed by atoms with van der Waals surface area (Å²) in [4.78, 5) is 18.2. The van der Waals surface area contributed by atoms with Crippen LogP contribution in [0.3, 0.4) is 0 Å². The lowest BCUT2D eigenvalue weighted by Crippen LogP contribution is -2.49. The van der Waals surface area contributed by atoms with Gasteiger partial charge in [-0.05, 0) is 70.3 Å². The Labute approximate surface area is 204 Å². The van der Waals surface area contributed by atoms with Gasteiger partial charge in [0.05, 0.1) is 10.6 Å². The topological polar surface area (TPSA) is 60.9 Å². The molecule has 2 aliphatic rings. The first-order valence-electron chi connectivity index (χ1n) is 12.5. The van der Waals surface area contributed by atoms with Gasteiger partial charge in [-0.3, -0.25) is 9.10 Å².